The van der Waals surface area contributed by atoms with E-state index in [0.29, 0.717) is 48.5 Å². The van der Waals surface area contributed by atoms with Crippen molar-refractivity contribution in [3.8, 4) is 0 Å². The fourth-order valence-electron chi connectivity index (χ4n) is 10.3. The van der Waals surface area contributed by atoms with Gasteiger partial charge in [0.05, 0.1) is 30.5 Å². The molecule has 2 aliphatic heterocycles. The lowest BCUT2D eigenvalue weighted by Crippen LogP contribution is -2.59. The molecule has 0 aromatic carbocycles. The third-order valence-corrected chi connectivity index (χ3v) is 12.0. The van der Waals surface area contributed by atoms with Crippen molar-refractivity contribution in [3.63, 3.8) is 0 Å². The van der Waals surface area contributed by atoms with Crippen LogP contribution in [0.2, 0.25) is 0 Å². The van der Waals surface area contributed by atoms with E-state index in [4.69, 9.17) is 9.47 Å². The lowest BCUT2D eigenvalue weighted by Gasteiger charge is -2.62. The van der Waals surface area contributed by atoms with Gasteiger partial charge in [0, 0.05) is 12.3 Å². The van der Waals surface area contributed by atoms with Gasteiger partial charge in [0.1, 0.15) is 0 Å². The Morgan fingerprint density at radius 1 is 0.875 bits per heavy atom. The highest BCUT2D eigenvalue weighted by Crippen LogP contribution is 2.71. The molecule has 2 saturated heterocycles. The van der Waals surface area contributed by atoms with E-state index in [1.54, 1.807) is 0 Å². The van der Waals surface area contributed by atoms with Gasteiger partial charge in [-0.25, -0.2) is 0 Å². The maximum Gasteiger partial charge on any atom is 0.171 e. The van der Waals surface area contributed by atoms with E-state index in [1.807, 2.05) is 6.92 Å². The zero-order chi connectivity index (χ0) is 22.7. The van der Waals surface area contributed by atoms with Crippen LogP contribution < -0.4 is 0 Å². The highest BCUT2D eigenvalue weighted by molar-refractivity contribution is 5.16. The summed E-state index contributed by atoms with van der Waals surface area (Å²) in [5, 5.41) is 31.9. The van der Waals surface area contributed by atoms with Crippen LogP contribution in [0.4, 0.5) is 0 Å². The lowest BCUT2D eigenvalue weighted by atomic mass is 9.43. The molecular weight excluding hydrogens is 404 g/mol. The molecule has 1 spiro atoms. The number of ether oxygens (including phenoxy) is 2. The summed E-state index contributed by atoms with van der Waals surface area (Å²) in [6, 6.07) is 0. The normalized spacial score (nSPS) is 64.0. The molecule has 32 heavy (non-hydrogen) atoms. The van der Waals surface area contributed by atoms with Crippen LogP contribution in [-0.2, 0) is 9.47 Å². The Kier molecular flexibility index (Phi) is 4.83. The molecule has 3 N–H and O–H groups in total. The molecule has 6 aliphatic rings. The molecule has 0 aromatic heterocycles. The van der Waals surface area contributed by atoms with Crippen molar-refractivity contribution in [2.24, 2.45) is 46.3 Å². The average Bonchev–Trinajstić information content (AvgIpc) is 3.17. The first kappa shape index (κ1) is 22.3. The predicted octanol–water partition coefficient (Wildman–Crippen LogP) is 3.88. The summed E-state index contributed by atoms with van der Waals surface area (Å²) in [5.41, 5.74) is -0.521. The Morgan fingerprint density at radius 2 is 1.66 bits per heavy atom. The van der Waals surface area contributed by atoms with Crippen molar-refractivity contribution in [1.82, 2.24) is 0 Å². The topological polar surface area (TPSA) is 79.2 Å². The molecule has 0 bridgehead atoms. The maximum atomic E-state index is 11.2. The van der Waals surface area contributed by atoms with Crippen molar-refractivity contribution in [3.05, 3.63) is 0 Å². The molecule has 6 fully saturated rings. The molecule has 5 nitrogen and oxygen atoms in total. The Hall–Kier alpha value is -0.200. The van der Waals surface area contributed by atoms with Crippen LogP contribution in [-0.4, -0.2) is 51.6 Å². The molecule has 4 aliphatic carbocycles. The molecule has 6 rings (SSSR count). The summed E-state index contributed by atoms with van der Waals surface area (Å²) in [6.45, 7) is 9.46. The molecule has 0 unspecified atom stereocenters. The first-order valence-corrected chi connectivity index (χ1v) is 13.4. The van der Waals surface area contributed by atoms with Crippen molar-refractivity contribution >= 4 is 0 Å². The van der Waals surface area contributed by atoms with Gasteiger partial charge in [-0.05, 0) is 98.7 Å². The predicted molar refractivity (Wildman–Crippen MR) is 121 cm³/mol. The Balaban J connectivity index is 1.26. The summed E-state index contributed by atoms with van der Waals surface area (Å²) in [4.78, 5) is 0. The van der Waals surface area contributed by atoms with Gasteiger partial charge in [0.15, 0.2) is 5.79 Å². The molecule has 0 radical (unpaired) electrons. The number of hydrogen-bond donors (Lipinski definition) is 3. The number of rotatable bonds is 0. The summed E-state index contributed by atoms with van der Waals surface area (Å²) in [5.74, 6) is 2.67. The SMILES string of the molecule is C[C@H]1[C@H]2[C@H](C[C@@H]3[C@H]4CC[C@@H]5C[C@@H](O)C[C@@H](O)[C@]5(C)[C@H]4CC[C@]23C)O[C@]12CC[C@](C)(O)CO2. The number of fused-ring (bicyclic) bond motifs is 7. The lowest BCUT2D eigenvalue weighted by molar-refractivity contribution is -0.294. The standard InChI is InChI=1S/C27H44O5/c1-15-23-21(32-27(15)10-9-24(2,30)14-31-27)13-20-18-6-5-16-11-17(28)12-22(29)26(16,4)19(18)7-8-25(20,23)3/h15-23,28-30H,5-14H2,1-4H3/t15-,16+,17+,18-,19-,20+,21-,22+,23-,24-,25-,26-,27+/m0/s1. The van der Waals surface area contributed by atoms with Crippen molar-refractivity contribution < 1.29 is 24.8 Å². The zero-order valence-corrected chi connectivity index (χ0v) is 20.4. The van der Waals surface area contributed by atoms with Crippen LogP contribution >= 0.6 is 0 Å². The first-order chi connectivity index (χ1) is 15.0. The molecule has 2 heterocycles. The second-order valence-corrected chi connectivity index (χ2v) is 13.5. The van der Waals surface area contributed by atoms with Crippen molar-refractivity contribution in [2.75, 3.05) is 6.61 Å². The summed E-state index contributed by atoms with van der Waals surface area (Å²) in [6.07, 6.45) is 8.39. The Bertz CT molecular complexity index is 757. The number of aliphatic hydroxyl groups is 3. The fourth-order valence-corrected chi connectivity index (χ4v) is 10.3. The van der Waals surface area contributed by atoms with E-state index in [-0.39, 0.29) is 29.1 Å². The molecule has 182 valence electrons. The summed E-state index contributed by atoms with van der Waals surface area (Å²) in [7, 11) is 0. The molecule has 13 atom stereocenters. The van der Waals surface area contributed by atoms with E-state index in [0.717, 1.165) is 32.1 Å². The molecule has 0 amide bonds. The average molecular weight is 449 g/mol. The Labute approximate surface area is 193 Å². The van der Waals surface area contributed by atoms with E-state index < -0.39 is 11.4 Å². The van der Waals surface area contributed by atoms with Gasteiger partial charge in [-0.3, -0.25) is 0 Å². The van der Waals surface area contributed by atoms with Gasteiger partial charge in [0.2, 0.25) is 0 Å². The molecule has 5 heteroatoms. The van der Waals surface area contributed by atoms with Crippen LogP contribution in [0, 0.1) is 46.3 Å². The highest BCUT2D eigenvalue weighted by atomic mass is 16.7. The smallest absolute Gasteiger partial charge is 0.171 e. The second kappa shape index (κ2) is 6.94. The Morgan fingerprint density at radius 3 is 2.38 bits per heavy atom. The zero-order valence-electron chi connectivity index (χ0n) is 20.4. The van der Waals surface area contributed by atoms with Crippen LogP contribution in [0.3, 0.4) is 0 Å². The van der Waals surface area contributed by atoms with Gasteiger partial charge in [-0.2, -0.15) is 0 Å². The van der Waals surface area contributed by atoms with Crippen molar-refractivity contribution in [2.45, 2.75) is 115 Å². The minimum absolute atomic E-state index is 0.0487. The summed E-state index contributed by atoms with van der Waals surface area (Å²) >= 11 is 0. The van der Waals surface area contributed by atoms with Gasteiger partial charge in [-0.15, -0.1) is 0 Å². The van der Waals surface area contributed by atoms with E-state index >= 15 is 0 Å². The molecule has 4 saturated carbocycles. The number of hydrogen-bond acceptors (Lipinski definition) is 5. The van der Waals surface area contributed by atoms with E-state index in [1.165, 1.54) is 19.3 Å². The van der Waals surface area contributed by atoms with Crippen LogP contribution in [0.5, 0.6) is 0 Å². The quantitative estimate of drug-likeness (QED) is 0.524. The minimum Gasteiger partial charge on any atom is -0.393 e. The first-order valence-electron chi connectivity index (χ1n) is 13.4. The van der Waals surface area contributed by atoms with Crippen LogP contribution in [0.15, 0.2) is 0 Å². The maximum absolute atomic E-state index is 11.2. The largest absolute Gasteiger partial charge is 0.393 e. The van der Waals surface area contributed by atoms with Crippen molar-refractivity contribution in [1.29, 1.82) is 0 Å². The van der Waals surface area contributed by atoms with Crippen LogP contribution in [0.25, 0.3) is 0 Å². The number of aliphatic hydroxyl groups excluding tert-OH is 2. The van der Waals surface area contributed by atoms with E-state index in [2.05, 4.69) is 20.8 Å². The van der Waals surface area contributed by atoms with Gasteiger partial charge in [0.25, 0.3) is 0 Å². The van der Waals surface area contributed by atoms with Gasteiger partial charge >= 0.3 is 0 Å². The third kappa shape index (κ3) is 2.81. The monoisotopic (exact) mass is 448 g/mol. The second-order valence-electron chi connectivity index (χ2n) is 13.5. The van der Waals surface area contributed by atoms with Gasteiger partial charge < -0.3 is 24.8 Å². The minimum atomic E-state index is -0.737. The van der Waals surface area contributed by atoms with E-state index in [9.17, 15) is 15.3 Å². The highest BCUT2D eigenvalue weighted by Gasteiger charge is 2.70. The third-order valence-electron chi connectivity index (χ3n) is 12.0. The summed E-state index contributed by atoms with van der Waals surface area (Å²) < 4.78 is 13.1. The van der Waals surface area contributed by atoms with Gasteiger partial charge in [-0.1, -0.05) is 20.8 Å². The van der Waals surface area contributed by atoms with Crippen LogP contribution in [0.1, 0.15) is 85.5 Å². The fraction of sp³-hybridized carbons (Fsp3) is 1.00. The molecular formula is C27H44O5. The molecule has 0 aromatic rings.